The number of nitrogens with two attached hydrogens (primary N) is 1. The number of ether oxygens (including phenoxy) is 1. The van der Waals surface area contributed by atoms with E-state index < -0.39 is 18.3 Å². The topological polar surface area (TPSA) is 138 Å². The van der Waals surface area contributed by atoms with Crippen LogP contribution in [-0.4, -0.2) is 43.5 Å². The lowest BCUT2D eigenvalue weighted by molar-refractivity contribution is -0.120. The van der Waals surface area contributed by atoms with E-state index in [0.29, 0.717) is 35.3 Å². The maximum Gasteiger partial charge on any atom is 0.229 e. The Kier molecular flexibility index (Phi) is 4.25. The zero-order chi connectivity index (χ0) is 24.7. The molecular formula is C21H23N7O3. The van der Waals surface area contributed by atoms with E-state index in [1.165, 1.54) is 19.5 Å². The molecule has 10 nitrogen and oxygen atoms in total. The summed E-state index contributed by atoms with van der Waals surface area (Å²) in [5.41, 5.74) is 6.36. The molecule has 1 aliphatic rings. The molecule has 0 unspecified atom stereocenters. The van der Waals surface area contributed by atoms with Crippen molar-refractivity contribution in [2.24, 2.45) is 12.7 Å². The number of carbonyl (C=O) groups is 2. The van der Waals surface area contributed by atoms with Crippen LogP contribution >= 0.6 is 0 Å². The van der Waals surface area contributed by atoms with Crippen molar-refractivity contribution in [1.29, 1.82) is 0 Å². The summed E-state index contributed by atoms with van der Waals surface area (Å²) in [6.07, 6.45) is 5.45. The minimum atomic E-state index is -2.48. The zero-order valence-electron chi connectivity index (χ0n) is 20.0. The summed E-state index contributed by atoms with van der Waals surface area (Å²) in [6.45, 7) is -0.743. The minimum Gasteiger partial charge on any atom is -0.492 e. The predicted molar refractivity (Wildman–Crippen MR) is 113 cm³/mol. The van der Waals surface area contributed by atoms with E-state index in [1.54, 1.807) is 19.1 Å². The van der Waals surface area contributed by atoms with Crippen molar-refractivity contribution in [2.75, 3.05) is 12.4 Å². The van der Waals surface area contributed by atoms with Crippen LogP contribution in [0.2, 0.25) is 0 Å². The minimum absolute atomic E-state index is 0.129. The number of anilines is 2. The average Bonchev–Trinajstić information content (AvgIpc) is 3.47. The van der Waals surface area contributed by atoms with E-state index >= 15 is 0 Å². The molecule has 0 radical (unpaired) electrons. The van der Waals surface area contributed by atoms with Crippen LogP contribution in [0, 0.1) is 0 Å². The van der Waals surface area contributed by atoms with E-state index in [2.05, 4.69) is 25.4 Å². The number of nitrogens with zero attached hydrogens (tertiary/aromatic N) is 5. The molecule has 0 atom stereocenters. The zero-order valence-corrected chi connectivity index (χ0v) is 17.0. The molecule has 1 amide bonds. The molecule has 0 aliphatic heterocycles. The highest BCUT2D eigenvalue weighted by molar-refractivity contribution is 6.02. The van der Waals surface area contributed by atoms with Crippen LogP contribution in [0.3, 0.4) is 0 Å². The van der Waals surface area contributed by atoms with Gasteiger partial charge in [-0.05, 0) is 25.0 Å². The van der Waals surface area contributed by atoms with E-state index in [-0.39, 0.29) is 29.6 Å². The van der Waals surface area contributed by atoms with Gasteiger partial charge in [0.2, 0.25) is 5.91 Å². The fraction of sp³-hybridized carbons (Fsp3) is 0.333. The Labute approximate surface area is 183 Å². The first-order valence-corrected chi connectivity index (χ1v) is 9.67. The molecule has 1 fully saturated rings. The van der Waals surface area contributed by atoms with Gasteiger partial charge in [-0.15, -0.1) is 0 Å². The Bertz CT molecular complexity index is 1270. The van der Waals surface area contributed by atoms with Gasteiger partial charge in [0, 0.05) is 29.9 Å². The SMILES string of the molecule is [2H]C([2H])([2H])n1cnc(-c2ccnc(Nc3cc(C4(C(N)=O)CC4)ncc3C(=O)CC)c2OC)n1. The Morgan fingerprint density at radius 1 is 1.35 bits per heavy atom. The second-order valence-electron chi connectivity index (χ2n) is 7.22. The number of amides is 1. The van der Waals surface area contributed by atoms with Gasteiger partial charge in [-0.1, -0.05) is 6.92 Å². The van der Waals surface area contributed by atoms with Crippen LogP contribution < -0.4 is 15.8 Å². The number of carbonyl (C=O) groups excluding carboxylic acids is 2. The monoisotopic (exact) mass is 424 g/mol. The molecule has 0 aromatic carbocycles. The van der Waals surface area contributed by atoms with Crippen LogP contribution in [0.1, 0.15) is 46.4 Å². The molecule has 0 saturated heterocycles. The van der Waals surface area contributed by atoms with Gasteiger partial charge in [-0.2, -0.15) is 5.10 Å². The largest absolute Gasteiger partial charge is 0.492 e. The first-order valence-electron chi connectivity index (χ1n) is 11.2. The first kappa shape index (κ1) is 16.9. The van der Waals surface area contributed by atoms with Crippen LogP contribution in [0.25, 0.3) is 11.4 Å². The highest BCUT2D eigenvalue weighted by Crippen LogP contribution is 2.48. The van der Waals surface area contributed by atoms with Crippen LogP contribution in [-0.2, 0) is 17.2 Å². The normalized spacial score (nSPS) is 16.0. The number of aromatic nitrogens is 5. The summed E-state index contributed by atoms with van der Waals surface area (Å²) in [7, 11) is 1.43. The number of methoxy groups -OCH3 is 1. The molecular weight excluding hydrogens is 398 g/mol. The summed E-state index contributed by atoms with van der Waals surface area (Å²) in [5, 5.41) is 7.14. The molecule has 4 rings (SSSR count). The van der Waals surface area contributed by atoms with Crippen LogP contribution in [0.15, 0.2) is 30.9 Å². The number of aryl methyl sites for hydroxylation is 1. The molecule has 3 heterocycles. The lowest BCUT2D eigenvalue weighted by Crippen LogP contribution is -2.29. The summed E-state index contributed by atoms with van der Waals surface area (Å²) in [6, 6.07) is 3.22. The molecule has 10 heteroatoms. The molecule has 31 heavy (non-hydrogen) atoms. The summed E-state index contributed by atoms with van der Waals surface area (Å²) in [5.74, 6) is 0.00345. The fourth-order valence-electron chi connectivity index (χ4n) is 3.42. The number of hydrogen-bond acceptors (Lipinski definition) is 8. The third-order valence-corrected chi connectivity index (χ3v) is 5.33. The van der Waals surface area contributed by atoms with Crippen molar-refractivity contribution in [3.8, 4) is 17.1 Å². The number of primary amides is 1. The van der Waals surface area contributed by atoms with Crippen molar-refractivity contribution in [3.63, 3.8) is 0 Å². The molecule has 160 valence electrons. The Morgan fingerprint density at radius 2 is 2.16 bits per heavy atom. The van der Waals surface area contributed by atoms with Crippen LogP contribution in [0.4, 0.5) is 11.5 Å². The second kappa shape index (κ2) is 7.78. The number of Topliss-reactive ketones (excluding diaryl/α,β-unsaturated/α-hetero) is 1. The Hall–Kier alpha value is -3.82. The summed E-state index contributed by atoms with van der Waals surface area (Å²) in [4.78, 5) is 37.3. The number of rotatable bonds is 8. The van der Waals surface area contributed by atoms with E-state index in [0.717, 1.165) is 11.0 Å². The molecule has 1 saturated carbocycles. The number of nitrogens with one attached hydrogen (secondary N) is 1. The maximum atomic E-state index is 12.6. The van der Waals surface area contributed by atoms with E-state index in [4.69, 9.17) is 14.6 Å². The number of ketones is 1. The Morgan fingerprint density at radius 3 is 2.77 bits per heavy atom. The van der Waals surface area contributed by atoms with Crippen molar-refractivity contribution in [2.45, 2.75) is 31.6 Å². The smallest absolute Gasteiger partial charge is 0.229 e. The van der Waals surface area contributed by atoms with Gasteiger partial charge < -0.3 is 15.8 Å². The van der Waals surface area contributed by atoms with Crippen LogP contribution in [0.5, 0.6) is 5.75 Å². The van der Waals surface area contributed by atoms with Gasteiger partial charge in [0.1, 0.15) is 6.33 Å². The highest BCUT2D eigenvalue weighted by atomic mass is 16.5. The molecule has 0 spiro atoms. The van der Waals surface area contributed by atoms with Gasteiger partial charge >= 0.3 is 0 Å². The molecule has 0 bridgehead atoms. The fourth-order valence-corrected chi connectivity index (χ4v) is 3.42. The van der Waals surface area contributed by atoms with Gasteiger partial charge in [0.05, 0.1) is 35.0 Å². The van der Waals surface area contributed by atoms with Crippen molar-refractivity contribution in [1.82, 2.24) is 24.7 Å². The van der Waals surface area contributed by atoms with Gasteiger partial charge in [0.15, 0.2) is 23.2 Å². The highest BCUT2D eigenvalue weighted by Gasteiger charge is 2.51. The van der Waals surface area contributed by atoms with Crippen molar-refractivity contribution < 1.29 is 18.4 Å². The summed E-state index contributed by atoms with van der Waals surface area (Å²) < 4.78 is 28.8. The third-order valence-electron chi connectivity index (χ3n) is 5.33. The van der Waals surface area contributed by atoms with E-state index in [1.807, 2.05) is 0 Å². The Balaban J connectivity index is 1.78. The van der Waals surface area contributed by atoms with Crippen molar-refractivity contribution >= 4 is 23.2 Å². The lowest BCUT2D eigenvalue weighted by Gasteiger charge is -2.17. The summed E-state index contributed by atoms with van der Waals surface area (Å²) >= 11 is 0. The third kappa shape index (κ3) is 3.60. The number of pyridine rings is 2. The lowest BCUT2D eigenvalue weighted by atomic mass is 9.98. The van der Waals surface area contributed by atoms with Gasteiger partial charge in [0.25, 0.3) is 0 Å². The maximum absolute atomic E-state index is 12.6. The quantitative estimate of drug-likeness (QED) is 0.525. The van der Waals surface area contributed by atoms with Crippen molar-refractivity contribution in [3.05, 3.63) is 42.1 Å². The van der Waals surface area contributed by atoms with Gasteiger partial charge in [-0.25, -0.2) is 9.97 Å². The van der Waals surface area contributed by atoms with E-state index in [9.17, 15) is 9.59 Å². The van der Waals surface area contributed by atoms with Gasteiger partial charge in [-0.3, -0.25) is 19.3 Å². The molecule has 3 N–H and O–H groups in total. The average molecular weight is 424 g/mol. The standard InChI is InChI=1S/C21H23N7O3/c1-4-15(29)13-10-24-16(21(6-7-21)20(22)30)9-14(13)26-19-17(31-3)12(5-8-23-19)18-25-11-28(2)27-18/h5,8-11H,4,6-7H2,1-3H3,(H2,22,30)(H,23,24,26)/i2D3. The molecule has 1 aliphatic carbocycles. The molecule has 3 aromatic heterocycles. The molecule has 3 aromatic rings. The number of hydrogen-bond donors (Lipinski definition) is 2. The first-order chi connectivity index (χ1) is 16.1. The second-order valence-corrected chi connectivity index (χ2v) is 7.22. The predicted octanol–water partition coefficient (Wildman–Crippen LogP) is 2.13.